The maximum absolute atomic E-state index is 13.0. The van der Waals surface area contributed by atoms with Gasteiger partial charge in [0.25, 0.3) is 5.91 Å². The predicted octanol–water partition coefficient (Wildman–Crippen LogP) is 5.18. The zero-order valence-electron chi connectivity index (χ0n) is 21.2. The van der Waals surface area contributed by atoms with Crippen LogP contribution in [0.2, 0.25) is 0 Å². The lowest BCUT2D eigenvalue weighted by molar-refractivity contribution is -0.136. The molecule has 0 atom stereocenters. The molecule has 1 fully saturated rings. The molecule has 3 rings (SSSR count). The second-order valence-corrected chi connectivity index (χ2v) is 9.54. The van der Waals surface area contributed by atoms with Crippen molar-refractivity contribution in [1.82, 2.24) is 14.7 Å². The van der Waals surface area contributed by atoms with Gasteiger partial charge in [-0.25, -0.2) is 0 Å². The highest BCUT2D eigenvalue weighted by Crippen LogP contribution is 2.38. The van der Waals surface area contributed by atoms with Crippen molar-refractivity contribution in [2.75, 3.05) is 39.8 Å². The number of nitrogens with zero attached hydrogens (tertiary/aromatic N) is 3. The van der Waals surface area contributed by atoms with Gasteiger partial charge in [-0.15, -0.1) is 0 Å². The molecule has 1 aliphatic heterocycles. The van der Waals surface area contributed by atoms with Crippen LogP contribution >= 0.6 is 0 Å². The fourth-order valence-corrected chi connectivity index (χ4v) is 5.08. The van der Waals surface area contributed by atoms with Gasteiger partial charge in [-0.05, 0) is 56.3 Å². The smallest absolute Gasteiger partial charge is 0.253 e. The van der Waals surface area contributed by atoms with Crippen molar-refractivity contribution in [3.05, 3.63) is 71.8 Å². The Morgan fingerprint density at radius 2 is 1.47 bits per heavy atom. The Morgan fingerprint density at radius 1 is 0.882 bits per heavy atom. The first-order valence-corrected chi connectivity index (χ1v) is 12.8. The molecule has 5 heteroatoms. The molecule has 2 amide bonds. The van der Waals surface area contributed by atoms with E-state index < -0.39 is 0 Å². The van der Waals surface area contributed by atoms with Crippen molar-refractivity contribution in [3.8, 4) is 0 Å². The van der Waals surface area contributed by atoms with Crippen LogP contribution in [0.5, 0.6) is 0 Å². The number of piperidine rings is 1. The molecular formula is C29H41N3O2. The van der Waals surface area contributed by atoms with Gasteiger partial charge in [-0.3, -0.25) is 9.59 Å². The molecule has 0 spiro atoms. The highest BCUT2D eigenvalue weighted by atomic mass is 16.2. The number of likely N-dealkylation sites (tertiary alicyclic amines) is 1. The molecule has 0 bridgehead atoms. The van der Waals surface area contributed by atoms with Gasteiger partial charge in [0.2, 0.25) is 5.91 Å². The SMILES string of the molecule is CCCCN(CCCCN1CCC(c2ccccc2)(N(C)C(C)=O)CC1)C(=O)c1ccccc1. The van der Waals surface area contributed by atoms with E-state index in [-0.39, 0.29) is 17.4 Å². The topological polar surface area (TPSA) is 43.9 Å². The van der Waals surface area contributed by atoms with Gasteiger partial charge < -0.3 is 14.7 Å². The van der Waals surface area contributed by atoms with E-state index in [1.807, 2.05) is 53.2 Å². The molecule has 34 heavy (non-hydrogen) atoms. The van der Waals surface area contributed by atoms with Crippen molar-refractivity contribution in [2.45, 2.75) is 57.9 Å². The van der Waals surface area contributed by atoms with Crippen molar-refractivity contribution >= 4 is 11.8 Å². The number of hydrogen-bond donors (Lipinski definition) is 0. The number of amides is 2. The fraction of sp³-hybridized carbons (Fsp3) is 0.517. The standard InChI is InChI=1S/C29H41N3O2/c1-4-5-21-32(28(34)26-14-8-6-9-15-26)22-13-12-20-31-23-18-29(19-24-31,30(3)25(2)33)27-16-10-7-11-17-27/h6-11,14-17H,4-5,12-13,18-24H2,1-3H3. The molecule has 0 saturated carbocycles. The fourth-order valence-electron chi connectivity index (χ4n) is 5.08. The summed E-state index contributed by atoms with van der Waals surface area (Å²) in [4.78, 5) is 31.7. The van der Waals surface area contributed by atoms with E-state index in [1.165, 1.54) is 5.56 Å². The summed E-state index contributed by atoms with van der Waals surface area (Å²) in [6.45, 7) is 8.46. The Balaban J connectivity index is 1.52. The molecule has 184 valence electrons. The zero-order chi connectivity index (χ0) is 24.4. The van der Waals surface area contributed by atoms with Crippen LogP contribution in [-0.2, 0) is 10.3 Å². The van der Waals surface area contributed by atoms with Crippen molar-refractivity contribution in [2.24, 2.45) is 0 Å². The van der Waals surface area contributed by atoms with Gasteiger partial charge in [0.05, 0.1) is 5.54 Å². The average molecular weight is 464 g/mol. The maximum atomic E-state index is 13.0. The van der Waals surface area contributed by atoms with Crippen LogP contribution in [-0.4, -0.2) is 66.3 Å². The summed E-state index contributed by atoms with van der Waals surface area (Å²) in [6.07, 6.45) is 6.10. The zero-order valence-corrected chi connectivity index (χ0v) is 21.2. The second-order valence-electron chi connectivity index (χ2n) is 9.54. The lowest BCUT2D eigenvalue weighted by Gasteiger charge is -2.47. The van der Waals surface area contributed by atoms with Gasteiger partial charge in [-0.2, -0.15) is 0 Å². The normalized spacial score (nSPS) is 15.6. The summed E-state index contributed by atoms with van der Waals surface area (Å²) in [7, 11) is 1.94. The van der Waals surface area contributed by atoms with Crippen molar-refractivity contribution in [3.63, 3.8) is 0 Å². The molecule has 0 unspecified atom stereocenters. The van der Waals surface area contributed by atoms with E-state index >= 15 is 0 Å². The highest BCUT2D eigenvalue weighted by molar-refractivity contribution is 5.94. The van der Waals surface area contributed by atoms with Gasteiger partial charge in [0.1, 0.15) is 0 Å². The van der Waals surface area contributed by atoms with Gasteiger partial charge in [0.15, 0.2) is 0 Å². The molecule has 1 heterocycles. The van der Waals surface area contributed by atoms with Crippen LogP contribution in [0, 0.1) is 0 Å². The van der Waals surface area contributed by atoms with Crippen LogP contribution < -0.4 is 0 Å². The quantitative estimate of drug-likeness (QED) is 0.431. The third kappa shape index (κ3) is 6.47. The number of unbranched alkanes of at least 4 members (excludes halogenated alkanes) is 2. The van der Waals surface area contributed by atoms with Crippen LogP contribution in [0.3, 0.4) is 0 Å². The van der Waals surface area contributed by atoms with Crippen LogP contribution in [0.4, 0.5) is 0 Å². The van der Waals surface area contributed by atoms with Crippen LogP contribution in [0.25, 0.3) is 0 Å². The first-order valence-electron chi connectivity index (χ1n) is 12.8. The molecule has 1 aliphatic rings. The van der Waals surface area contributed by atoms with Crippen LogP contribution in [0.1, 0.15) is 68.3 Å². The highest BCUT2D eigenvalue weighted by Gasteiger charge is 2.40. The molecule has 0 N–H and O–H groups in total. The number of rotatable bonds is 11. The minimum atomic E-state index is -0.220. The van der Waals surface area contributed by atoms with E-state index in [9.17, 15) is 9.59 Å². The van der Waals surface area contributed by atoms with Gasteiger partial charge in [0, 0.05) is 45.7 Å². The van der Waals surface area contributed by atoms with Crippen LogP contribution in [0.15, 0.2) is 60.7 Å². The number of benzene rings is 2. The van der Waals surface area contributed by atoms with Crippen molar-refractivity contribution < 1.29 is 9.59 Å². The largest absolute Gasteiger partial charge is 0.339 e. The third-order valence-electron chi connectivity index (χ3n) is 7.35. The Morgan fingerprint density at radius 3 is 2.06 bits per heavy atom. The van der Waals surface area contributed by atoms with E-state index in [2.05, 4.69) is 36.1 Å². The van der Waals surface area contributed by atoms with E-state index in [4.69, 9.17) is 0 Å². The molecule has 2 aromatic carbocycles. The monoisotopic (exact) mass is 463 g/mol. The second kappa shape index (κ2) is 12.7. The lowest BCUT2D eigenvalue weighted by atomic mass is 9.79. The van der Waals surface area contributed by atoms with E-state index in [0.29, 0.717) is 0 Å². The molecule has 5 nitrogen and oxygen atoms in total. The lowest BCUT2D eigenvalue weighted by Crippen LogP contribution is -2.53. The van der Waals surface area contributed by atoms with Gasteiger partial charge >= 0.3 is 0 Å². The number of hydrogen-bond acceptors (Lipinski definition) is 3. The van der Waals surface area contributed by atoms with Gasteiger partial charge in [-0.1, -0.05) is 61.9 Å². The minimum Gasteiger partial charge on any atom is -0.339 e. The summed E-state index contributed by atoms with van der Waals surface area (Å²) in [6, 6.07) is 20.1. The average Bonchev–Trinajstić information content (AvgIpc) is 2.89. The number of carbonyl (C=O) groups excluding carboxylic acids is 2. The van der Waals surface area contributed by atoms with Crippen molar-refractivity contribution in [1.29, 1.82) is 0 Å². The summed E-state index contributed by atoms with van der Waals surface area (Å²) >= 11 is 0. The molecule has 0 radical (unpaired) electrons. The minimum absolute atomic E-state index is 0.118. The summed E-state index contributed by atoms with van der Waals surface area (Å²) in [5, 5.41) is 0. The molecular weight excluding hydrogens is 422 g/mol. The Kier molecular flexibility index (Phi) is 9.70. The first-order chi connectivity index (χ1) is 16.5. The molecule has 0 aliphatic carbocycles. The van der Waals surface area contributed by atoms with E-state index in [1.54, 1.807) is 6.92 Å². The summed E-state index contributed by atoms with van der Waals surface area (Å²) < 4.78 is 0. The Hall–Kier alpha value is -2.66. The summed E-state index contributed by atoms with van der Waals surface area (Å²) in [5.41, 5.74) is 1.79. The summed E-state index contributed by atoms with van der Waals surface area (Å²) in [5.74, 6) is 0.263. The van der Waals surface area contributed by atoms with E-state index in [0.717, 1.165) is 76.8 Å². The number of carbonyl (C=O) groups is 2. The third-order valence-corrected chi connectivity index (χ3v) is 7.35. The predicted molar refractivity (Wildman–Crippen MR) is 139 cm³/mol. The molecule has 0 aromatic heterocycles. The molecule has 2 aromatic rings. The Labute approximate surface area is 205 Å². The first kappa shape index (κ1) is 26.0. The maximum Gasteiger partial charge on any atom is 0.253 e. The molecule has 1 saturated heterocycles. The Bertz CT molecular complexity index is 892.